The number of nitrogens with one attached hydrogen (secondary N) is 3. The number of methoxy groups -OCH3 is 1. The lowest BCUT2D eigenvalue weighted by atomic mass is 9.94. The predicted molar refractivity (Wildman–Crippen MR) is 137 cm³/mol. The third-order valence-electron chi connectivity index (χ3n) is 6.09. The Kier molecular flexibility index (Phi) is 7.77. The first kappa shape index (κ1) is 24.0. The molecule has 0 aliphatic heterocycles. The molecule has 0 atom stereocenters. The number of ether oxygens (including phenoxy) is 1. The van der Waals surface area contributed by atoms with Crippen LogP contribution in [-0.2, 0) is 4.74 Å². The third kappa shape index (κ3) is 6.26. The highest BCUT2D eigenvalue weighted by molar-refractivity contribution is 6.11. The SMILES string of the molecule is COC(=O)c1ccc(NC(=O)c2ccc(NC3CCCCC3)c(C(=O)Nc3ccccc3)c2)cc1. The monoisotopic (exact) mass is 471 g/mol. The van der Waals surface area contributed by atoms with Gasteiger partial charge in [0, 0.05) is 28.7 Å². The Balaban J connectivity index is 1.56. The van der Waals surface area contributed by atoms with E-state index in [2.05, 4.69) is 16.0 Å². The molecule has 3 aromatic rings. The number of hydrogen-bond donors (Lipinski definition) is 3. The molecule has 0 radical (unpaired) electrons. The van der Waals surface area contributed by atoms with Crippen molar-refractivity contribution < 1.29 is 19.1 Å². The average molecular weight is 472 g/mol. The van der Waals surface area contributed by atoms with Gasteiger partial charge < -0.3 is 20.7 Å². The molecule has 180 valence electrons. The number of rotatable bonds is 7. The van der Waals surface area contributed by atoms with Crippen LogP contribution in [0.5, 0.6) is 0 Å². The lowest BCUT2D eigenvalue weighted by molar-refractivity contribution is 0.0600. The van der Waals surface area contributed by atoms with Crippen molar-refractivity contribution in [2.45, 2.75) is 38.1 Å². The standard InChI is InChI=1S/C28H29N3O4/c1-35-28(34)19-12-15-23(16-13-19)30-26(32)20-14-17-25(29-21-8-4-2-5-9-21)24(18-20)27(33)31-22-10-6-3-7-11-22/h3,6-7,10-18,21,29H,2,4-5,8-9H2,1H3,(H,30,32)(H,31,33). The van der Waals surface area contributed by atoms with E-state index in [0.29, 0.717) is 39.8 Å². The molecule has 1 fully saturated rings. The molecule has 7 heteroatoms. The van der Waals surface area contributed by atoms with Crippen LogP contribution in [0.2, 0.25) is 0 Å². The van der Waals surface area contributed by atoms with E-state index in [9.17, 15) is 14.4 Å². The summed E-state index contributed by atoms with van der Waals surface area (Å²) in [5, 5.41) is 9.25. The molecule has 0 saturated heterocycles. The van der Waals surface area contributed by atoms with E-state index in [1.165, 1.54) is 26.4 Å². The molecular weight excluding hydrogens is 442 g/mol. The Bertz CT molecular complexity index is 1190. The van der Waals surface area contributed by atoms with E-state index < -0.39 is 5.97 Å². The van der Waals surface area contributed by atoms with Gasteiger partial charge in [-0.05, 0) is 67.4 Å². The van der Waals surface area contributed by atoms with Gasteiger partial charge in [0.1, 0.15) is 0 Å². The summed E-state index contributed by atoms with van der Waals surface area (Å²) >= 11 is 0. The fourth-order valence-corrected chi connectivity index (χ4v) is 4.20. The van der Waals surface area contributed by atoms with Gasteiger partial charge in [-0.15, -0.1) is 0 Å². The van der Waals surface area contributed by atoms with Crippen molar-refractivity contribution in [2.24, 2.45) is 0 Å². The fourth-order valence-electron chi connectivity index (χ4n) is 4.20. The maximum absolute atomic E-state index is 13.2. The van der Waals surface area contributed by atoms with Crippen LogP contribution in [0, 0.1) is 0 Å². The van der Waals surface area contributed by atoms with Gasteiger partial charge in [0.05, 0.1) is 18.2 Å². The highest BCUT2D eigenvalue weighted by Gasteiger charge is 2.20. The van der Waals surface area contributed by atoms with E-state index >= 15 is 0 Å². The summed E-state index contributed by atoms with van der Waals surface area (Å²) in [5.74, 6) is -1.08. The first-order valence-electron chi connectivity index (χ1n) is 11.8. The van der Waals surface area contributed by atoms with Crippen LogP contribution in [0.25, 0.3) is 0 Å². The molecule has 0 unspecified atom stereocenters. The van der Waals surface area contributed by atoms with Gasteiger partial charge in [-0.3, -0.25) is 9.59 Å². The van der Waals surface area contributed by atoms with Crippen molar-refractivity contribution in [3.8, 4) is 0 Å². The highest BCUT2D eigenvalue weighted by Crippen LogP contribution is 2.26. The van der Waals surface area contributed by atoms with Crippen molar-refractivity contribution in [3.63, 3.8) is 0 Å². The number of carbonyl (C=O) groups excluding carboxylic acids is 3. The van der Waals surface area contributed by atoms with Crippen LogP contribution >= 0.6 is 0 Å². The molecule has 2 amide bonds. The first-order valence-corrected chi connectivity index (χ1v) is 11.8. The zero-order chi connectivity index (χ0) is 24.6. The summed E-state index contributed by atoms with van der Waals surface area (Å²) in [6, 6.07) is 21.1. The smallest absolute Gasteiger partial charge is 0.337 e. The summed E-state index contributed by atoms with van der Waals surface area (Å²) in [7, 11) is 1.32. The minimum Gasteiger partial charge on any atom is -0.465 e. The average Bonchev–Trinajstić information content (AvgIpc) is 2.90. The van der Waals surface area contributed by atoms with Crippen LogP contribution in [0.3, 0.4) is 0 Å². The van der Waals surface area contributed by atoms with Gasteiger partial charge in [0.2, 0.25) is 0 Å². The van der Waals surface area contributed by atoms with Crippen molar-refractivity contribution in [3.05, 3.63) is 89.5 Å². The lowest BCUT2D eigenvalue weighted by Gasteiger charge is -2.25. The third-order valence-corrected chi connectivity index (χ3v) is 6.09. The Morgan fingerprint density at radius 1 is 0.743 bits per heavy atom. The Morgan fingerprint density at radius 2 is 1.37 bits per heavy atom. The van der Waals surface area contributed by atoms with Crippen molar-refractivity contribution in [1.29, 1.82) is 0 Å². The summed E-state index contributed by atoms with van der Waals surface area (Å²) in [4.78, 5) is 37.8. The summed E-state index contributed by atoms with van der Waals surface area (Å²) in [6.45, 7) is 0. The largest absolute Gasteiger partial charge is 0.465 e. The molecule has 0 bridgehead atoms. The topological polar surface area (TPSA) is 96.5 Å². The van der Waals surface area contributed by atoms with Crippen LogP contribution in [-0.4, -0.2) is 30.9 Å². The zero-order valence-electron chi connectivity index (χ0n) is 19.7. The van der Waals surface area contributed by atoms with Gasteiger partial charge in [0.15, 0.2) is 0 Å². The van der Waals surface area contributed by atoms with Gasteiger partial charge >= 0.3 is 5.97 Å². The number of benzene rings is 3. The molecule has 0 heterocycles. The second-order valence-electron chi connectivity index (χ2n) is 8.58. The van der Waals surface area contributed by atoms with Crippen LogP contribution in [0.15, 0.2) is 72.8 Å². The molecule has 1 aliphatic carbocycles. The fraction of sp³-hybridized carbons (Fsp3) is 0.250. The number of anilines is 3. The molecule has 0 aromatic heterocycles. The maximum atomic E-state index is 13.2. The Morgan fingerprint density at radius 3 is 2.06 bits per heavy atom. The summed E-state index contributed by atoms with van der Waals surface area (Å²) in [5.41, 5.74) is 3.08. The molecule has 0 spiro atoms. The minimum absolute atomic E-state index is 0.286. The lowest BCUT2D eigenvalue weighted by Crippen LogP contribution is -2.25. The molecule has 3 aromatic carbocycles. The Labute approximate surface area is 204 Å². The first-order chi connectivity index (χ1) is 17.0. The number of esters is 1. The molecule has 1 saturated carbocycles. The van der Waals surface area contributed by atoms with E-state index in [-0.39, 0.29) is 11.8 Å². The quantitative estimate of drug-likeness (QED) is 0.383. The molecule has 3 N–H and O–H groups in total. The zero-order valence-corrected chi connectivity index (χ0v) is 19.7. The second-order valence-corrected chi connectivity index (χ2v) is 8.58. The van der Waals surface area contributed by atoms with Gasteiger partial charge in [-0.2, -0.15) is 0 Å². The molecule has 35 heavy (non-hydrogen) atoms. The van der Waals surface area contributed by atoms with Crippen LogP contribution < -0.4 is 16.0 Å². The minimum atomic E-state index is -0.446. The van der Waals surface area contributed by atoms with Crippen molar-refractivity contribution in [2.75, 3.05) is 23.1 Å². The van der Waals surface area contributed by atoms with E-state index in [1.54, 1.807) is 42.5 Å². The van der Waals surface area contributed by atoms with Crippen molar-refractivity contribution in [1.82, 2.24) is 0 Å². The maximum Gasteiger partial charge on any atom is 0.337 e. The highest BCUT2D eigenvalue weighted by atomic mass is 16.5. The number of para-hydroxylation sites is 1. The van der Waals surface area contributed by atoms with E-state index in [1.807, 2.05) is 30.3 Å². The van der Waals surface area contributed by atoms with Crippen LogP contribution in [0.4, 0.5) is 17.1 Å². The van der Waals surface area contributed by atoms with Gasteiger partial charge in [0.25, 0.3) is 11.8 Å². The van der Waals surface area contributed by atoms with E-state index in [0.717, 1.165) is 12.8 Å². The Hall–Kier alpha value is -4.13. The van der Waals surface area contributed by atoms with Gasteiger partial charge in [-0.25, -0.2) is 4.79 Å². The van der Waals surface area contributed by atoms with Crippen molar-refractivity contribution >= 4 is 34.8 Å². The normalized spacial score (nSPS) is 13.5. The van der Waals surface area contributed by atoms with Gasteiger partial charge in [-0.1, -0.05) is 37.5 Å². The van der Waals surface area contributed by atoms with E-state index in [4.69, 9.17) is 4.74 Å². The molecular formula is C28H29N3O4. The molecule has 4 rings (SSSR count). The predicted octanol–water partition coefficient (Wildman–Crippen LogP) is 5.72. The molecule has 1 aliphatic rings. The van der Waals surface area contributed by atoms with Crippen LogP contribution in [0.1, 0.15) is 63.2 Å². The number of amides is 2. The number of hydrogen-bond acceptors (Lipinski definition) is 5. The number of carbonyl (C=O) groups is 3. The second kappa shape index (κ2) is 11.3. The summed E-state index contributed by atoms with van der Waals surface area (Å²) in [6.07, 6.45) is 5.68. The molecule has 7 nitrogen and oxygen atoms in total. The summed E-state index contributed by atoms with van der Waals surface area (Å²) < 4.78 is 4.70.